The number of carbonyl (C=O) groups is 3. The van der Waals surface area contributed by atoms with Crippen LogP contribution in [0.25, 0.3) is 0 Å². The van der Waals surface area contributed by atoms with Crippen LogP contribution >= 0.6 is 0 Å². The lowest BCUT2D eigenvalue weighted by molar-refractivity contribution is -0.222. The Bertz CT molecular complexity index is 416. The molecule has 0 aromatic heterocycles. The van der Waals surface area contributed by atoms with E-state index in [1.54, 1.807) is 6.92 Å². The Balaban J connectivity index is 2.76. The Labute approximate surface area is 109 Å². The maximum absolute atomic E-state index is 11.5. The van der Waals surface area contributed by atoms with E-state index in [0.29, 0.717) is 0 Å². The standard InChI is InChI=1S/C11H15NO7/c1-4-17-10(16)12-5-6(13)7-8(14)18-11(2,3)19-9(7)15/h13H,4-5H2,1-3H3,(H,12,16). The van der Waals surface area contributed by atoms with Gasteiger partial charge in [-0.15, -0.1) is 0 Å². The van der Waals surface area contributed by atoms with Crippen molar-refractivity contribution < 1.29 is 33.7 Å². The van der Waals surface area contributed by atoms with Gasteiger partial charge in [-0.2, -0.15) is 0 Å². The van der Waals surface area contributed by atoms with Gasteiger partial charge in [-0.05, 0) is 6.92 Å². The Kier molecular flexibility index (Phi) is 4.36. The molecule has 0 aromatic rings. The fourth-order valence-corrected chi connectivity index (χ4v) is 1.31. The topological polar surface area (TPSA) is 111 Å². The smallest absolute Gasteiger partial charge is 0.407 e. The first-order valence-corrected chi connectivity index (χ1v) is 5.56. The zero-order valence-corrected chi connectivity index (χ0v) is 10.8. The largest absolute Gasteiger partial charge is 0.509 e. The first kappa shape index (κ1) is 14.8. The maximum Gasteiger partial charge on any atom is 0.407 e. The highest BCUT2D eigenvalue weighted by Crippen LogP contribution is 2.23. The van der Waals surface area contributed by atoms with Crippen molar-refractivity contribution in [3.05, 3.63) is 11.3 Å². The van der Waals surface area contributed by atoms with Crippen LogP contribution in [-0.4, -0.2) is 42.1 Å². The zero-order chi connectivity index (χ0) is 14.6. The lowest BCUT2D eigenvalue weighted by Crippen LogP contribution is -2.43. The van der Waals surface area contributed by atoms with Crippen LogP contribution in [0.3, 0.4) is 0 Å². The number of ether oxygens (including phenoxy) is 3. The molecule has 1 rings (SSSR count). The number of esters is 2. The number of aliphatic hydroxyl groups excluding tert-OH is 1. The minimum Gasteiger partial charge on any atom is -0.509 e. The minimum atomic E-state index is -1.38. The molecule has 0 spiro atoms. The summed E-state index contributed by atoms with van der Waals surface area (Å²) in [6.07, 6.45) is -0.785. The van der Waals surface area contributed by atoms with Crippen LogP contribution in [0.5, 0.6) is 0 Å². The summed E-state index contributed by atoms with van der Waals surface area (Å²) in [6, 6.07) is 0. The van der Waals surface area contributed by atoms with Gasteiger partial charge in [-0.25, -0.2) is 14.4 Å². The summed E-state index contributed by atoms with van der Waals surface area (Å²) in [5.74, 6) is -4.06. The molecule has 0 radical (unpaired) electrons. The number of aliphatic hydroxyl groups is 1. The number of cyclic esters (lactones) is 2. The minimum absolute atomic E-state index is 0.154. The number of amides is 1. The fraction of sp³-hybridized carbons (Fsp3) is 0.545. The van der Waals surface area contributed by atoms with Crippen molar-refractivity contribution in [1.82, 2.24) is 5.32 Å². The van der Waals surface area contributed by atoms with Crippen molar-refractivity contribution >= 4 is 18.0 Å². The highest BCUT2D eigenvalue weighted by molar-refractivity contribution is 6.15. The molecule has 0 atom stereocenters. The molecule has 8 heteroatoms. The second-order valence-electron chi connectivity index (χ2n) is 4.07. The predicted octanol–water partition coefficient (Wildman–Crippen LogP) is 0.381. The molecule has 1 aliphatic heterocycles. The quantitative estimate of drug-likeness (QED) is 0.331. The first-order chi connectivity index (χ1) is 8.76. The van der Waals surface area contributed by atoms with Crippen molar-refractivity contribution in [3.8, 4) is 0 Å². The van der Waals surface area contributed by atoms with Gasteiger partial charge in [0, 0.05) is 13.8 Å². The van der Waals surface area contributed by atoms with Gasteiger partial charge in [-0.3, -0.25) is 0 Å². The van der Waals surface area contributed by atoms with Gasteiger partial charge in [0.15, 0.2) is 5.57 Å². The second-order valence-corrected chi connectivity index (χ2v) is 4.07. The molecule has 19 heavy (non-hydrogen) atoms. The van der Waals surface area contributed by atoms with E-state index in [4.69, 9.17) is 9.47 Å². The van der Waals surface area contributed by atoms with Crippen LogP contribution in [-0.2, 0) is 23.8 Å². The predicted molar refractivity (Wildman–Crippen MR) is 60.9 cm³/mol. The molecular weight excluding hydrogens is 258 g/mol. The average Bonchev–Trinajstić information content (AvgIpc) is 2.23. The molecule has 1 aliphatic rings. The van der Waals surface area contributed by atoms with Gasteiger partial charge in [0.25, 0.3) is 5.79 Å². The van der Waals surface area contributed by atoms with Gasteiger partial charge < -0.3 is 24.6 Å². The number of hydrogen-bond donors (Lipinski definition) is 2. The van der Waals surface area contributed by atoms with E-state index in [9.17, 15) is 19.5 Å². The Morgan fingerprint density at radius 1 is 1.32 bits per heavy atom. The van der Waals surface area contributed by atoms with Gasteiger partial charge in [-0.1, -0.05) is 0 Å². The van der Waals surface area contributed by atoms with Crippen molar-refractivity contribution in [2.24, 2.45) is 0 Å². The summed E-state index contributed by atoms with van der Waals surface area (Å²) in [5.41, 5.74) is -0.642. The normalized spacial score (nSPS) is 17.3. The van der Waals surface area contributed by atoms with E-state index < -0.39 is 41.7 Å². The molecular formula is C11H15NO7. The van der Waals surface area contributed by atoms with Crippen molar-refractivity contribution in [1.29, 1.82) is 0 Å². The Morgan fingerprint density at radius 2 is 1.84 bits per heavy atom. The van der Waals surface area contributed by atoms with Gasteiger partial charge in [0.1, 0.15) is 5.76 Å². The second kappa shape index (κ2) is 5.59. The van der Waals surface area contributed by atoms with E-state index in [1.165, 1.54) is 13.8 Å². The summed E-state index contributed by atoms with van der Waals surface area (Å²) in [6.45, 7) is 4.08. The lowest BCUT2D eigenvalue weighted by Gasteiger charge is -2.30. The summed E-state index contributed by atoms with van der Waals surface area (Å²) in [5, 5.41) is 11.8. The Morgan fingerprint density at radius 3 is 2.32 bits per heavy atom. The zero-order valence-electron chi connectivity index (χ0n) is 10.8. The van der Waals surface area contributed by atoms with Crippen molar-refractivity contribution in [2.45, 2.75) is 26.6 Å². The molecule has 1 fully saturated rings. The van der Waals surface area contributed by atoms with E-state index in [0.717, 1.165) is 0 Å². The summed E-state index contributed by atoms with van der Waals surface area (Å²) >= 11 is 0. The molecule has 1 amide bonds. The van der Waals surface area contributed by atoms with Crippen molar-refractivity contribution in [2.75, 3.05) is 13.2 Å². The number of rotatable bonds is 3. The van der Waals surface area contributed by atoms with Crippen LogP contribution in [0.15, 0.2) is 11.3 Å². The lowest BCUT2D eigenvalue weighted by atomic mass is 10.2. The fourth-order valence-electron chi connectivity index (χ4n) is 1.31. The van der Waals surface area contributed by atoms with Crippen LogP contribution in [0.2, 0.25) is 0 Å². The Hall–Kier alpha value is -2.25. The third kappa shape index (κ3) is 3.87. The van der Waals surface area contributed by atoms with E-state index in [1.807, 2.05) is 0 Å². The van der Waals surface area contributed by atoms with Gasteiger partial charge in [0.2, 0.25) is 0 Å². The third-order valence-electron chi connectivity index (χ3n) is 2.05. The van der Waals surface area contributed by atoms with E-state index in [2.05, 4.69) is 10.1 Å². The van der Waals surface area contributed by atoms with Gasteiger partial charge in [0.05, 0.1) is 13.2 Å². The molecule has 2 N–H and O–H groups in total. The van der Waals surface area contributed by atoms with Crippen LogP contribution in [0, 0.1) is 0 Å². The molecule has 1 saturated heterocycles. The molecule has 0 aromatic carbocycles. The molecule has 1 heterocycles. The SMILES string of the molecule is CCOC(=O)NCC(O)=C1C(=O)OC(C)(C)OC1=O. The highest BCUT2D eigenvalue weighted by atomic mass is 16.7. The molecule has 0 bridgehead atoms. The van der Waals surface area contributed by atoms with E-state index >= 15 is 0 Å². The maximum atomic E-state index is 11.5. The molecule has 106 valence electrons. The first-order valence-electron chi connectivity index (χ1n) is 5.56. The average molecular weight is 273 g/mol. The summed E-state index contributed by atoms with van der Waals surface area (Å²) < 4.78 is 14.1. The van der Waals surface area contributed by atoms with E-state index in [-0.39, 0.29) is 6.61 Å². The molecule has 8 nitrogen and oxygen atoms in total. The highest BCUT2D eigenvalue weighted by Gasteiger charge is 2.41. The number of alkyl carbamates (subject to hydrolysis) is 1. The number of nitrogens with one attached hydrogen (secondary N) is 1. The number of hydrogen-bond acceptors (Lipinski definition) is 7. The summed E-state index contributed by atoms with van der Waals surface area (Å²) in [7, 11) is 0. The van der Waals surface area contributed by atoms with Crippen LogP contribution in [0.4, 0.5) is 4.79 Å². The molecule has 0 aliphatic carbocycles. The van der Waals surface area contributed by atoms with Crippen LogP contribution in [0.1, 0.15) is 20.8 Å². The summed E-state index contributed by atoms with van der Waals surface area (Å²) in [4.78, 5) is 34.1. The molecule has 0 unspecified atom stereocenters. The number of carbonyl (C=O) groups excluding carboxylic acids is 3. The van der Waals surface area contributed by atoms with Gasteiger partial charge >= 0.3 is 18.0 Å². The van der Waals surface area contributed by atoms with Crippen molar-refractivity contribution in [3.63, 3.8) is 0 Å². The molecule has 0 saturated carbocycles. The monoisotopic (exact) mass is 273 g/mol. The third-order valence-corrected chi connectivity index (χ3v) is 2.05. The van der Waals surface area contributed by atoms with Crippen LogP contribution < -0.4 is 5.32 Å².